The number of carbonyl (C=O) groups is 1. The molecule has 94 valence electrons. The van der Waals surface area contributed by atoms with Crippen LogP contribution in [0.15, 0.2) is 21.1 Å². The third-order valence-corrected chi connectivity index (χ3v) is 3.44. The summed E-state index contributed by atoms with van der Waals surface area (Å²) < 4.78 is 7.15. The first-order chi connectivity index (χ1) is 7.95. The Labute approximate surface area is 117 Å². The maximum absolute atomic E-state index is 10.9. The van der Waals surface area contributed by atoms with Crippen molar-refractivity contribution in [1.29, 1.82) is 0 Å². The van der Waals surface area contributed by atoms with E-state index in [0.29, 0.717) is 12.3 Å². The van der Waals surface area contributed by atoms with Gasteiger partial charge < -0.3 is 16.2 Å². The molecule has 4 nitrogen and oxygen atoms in total. The number of hydrogen-bond donors (Lipinski definition) is 2. The van der Waals surface area contributed by atoms with Crippen molar-refractivity contribution in [1.82, 2.24) is 0 Å². The summed E-state index contributed by atoms with van der Waals surface area (Å²) in [6.45, 7) is 2.42. The molecular weight excluding hydrogens is 352 g/mol. The average molecular weight is 366 g/mol. The Morgan fingerprint density at radius 2 is 1.94 bits per heavy atom. The fourth-order valence-electron chi connectivity index (χ4n) is 1.16. The maximum atomic E-state index is 10.9. The van der Waals surface area contributed by atoms with E-state index in [1.165, 1.54) is 0 Å². The molecule has 0 fully saturated rings. The van der Waals surface area contributed by atoms with Crippen LogP contribution >= 0.6 is 31.9 Å². The Hall–Kier alpha value is -0.590. The number of hydrogen-bond acceptors (Lipinski definition) is 3. The number of rotatable bonds is 5. The molecule has 17 heavy (non-hydrogen) atoms. The van der Waals surface area contributed by atoms with Crippen LogP contribution in [0.5, 0.6) is 5.75 Å². The summed E-state index contributed by atoms with van der Waals surface area (Å²) in [7, 11) is 0. The Morgan fingerprint density at radius 1 is 1.41 bits per heavy atom. The Kier molecular flexibility index (Phi) is 5.42. The fourth-order valence-corrected chi connectivity index (χ4v) is 2.67. The van der Waals surface area contributed by atoms with Crippen LogP contribution in [0.2, 0.25) is 0 Å². The van der Waals surface area contributed by atoms with E-state index in [-0.39, 0.29) is 18.4 Å². The zero-order valence-electron chi connectivity index (χ0n) is 9.37. The zero-order valence-corrected chi connectivity index (χ0v) is 12.5. The van der Waals surface area contributed by atoms with E-state index in [1.807, 2.05) is 12.1 Å². The number of nitrogens with two attached hydrogens (primary N) is 2. The summed E-state index contributed by atoms with van der Waals surface area (Å²) in [4.78, 5) is 10.9. The topological polar surface area (TPSA) is 78.3 Å². The molecule has 1 unspecified atom stereocenters. The second-order valence-electron chi connectivity index (χ2n) is 3.71. The second-order valence-corrected chi connectivity index (χ2v) is 5.42. The lowest BCUT2D eigenvalue weighted by Crippen LogP contribution is -2.25. The molecule has 0 bridgehead atoms. The quantitative estimate of drug-likeness (QED) is 0.839. The molecule has 0 aromatic heterocycles. The van der Waals surface area contributed by atoms with E-state index in [0.717, 1.165) is 14.5 Å². The first-order valence-corrected chi connectivity index (χ1v) is 6.64. The SMILES string of the molecule is CC(COc1c(Br)cc(CN)cc1Br)C(N)=O. The van der Waals surface area contributed by atoms with Gasteiger partial charge in [0.1, 0.15) is 5.75 Å². The predicted molar refractivity (Wildman–Crippen MR) is 73.6 cm³/mol. The number of benzene rings is 1. The highest BCUT2D eigenvalue weighted by Gasteiger charge is 2.13. The minimum absolute atomic E-state index is 0.245. The van der Waals surface area contributed by atoms with Gasteiger partial charge in [-0.2, -0.15) is 0 Å². The van der Waals surface area contributed by atoms with Crippen molar-refractivity contribution in [3.63, 3.8) is 0 Å². The maximum Gasteiger partial charge on any atom is 0.223 e. The molecule has 0 aliphatic rings. The van der Waals surface area contributed by atoms with Gasteiger partial charge in [0.15, 0.2) is 0 Å². The van der Waals surface area contributed by atoms with Gasteiger partial charge in [0.25, 0.3) is 0 Å². The number of primary amides is 1. The van der Waals surface area contributed by atoms with Crippen LogP contribution in [-0.2, 0) is 11.3 Å². The molecule has 0 saturated heterocycles. The molecule has 6 heteroatoms. The van der Waals surface area contributed by atoms with Gasteiger partial charge in [-0.1, -0.05) is 6.92 Å². The van der Waals surface area contributed by atoms with Gasteiger partial charge in [0.2, 0.25) is 5.91 Å². The lowest BCUT2D eigenvalue weighted by atomic mass is 10.2. The van der Waals surface area contributed by atoms with E-state index >= 15 is 0 Å². The monoisotopic (exact) mass is 364 g/mol. The van der Waals surface area contributed by atoms with Crippen LogP contribution < -0.4 is 16.2 Å². The minimum atomic E-state index is -0.379. The van der Waals surface area contributed by atoms with Crippen molar-refractivity contribution in [3.8, 4) is 5.75 Å². The number of carbonyl (C=O) groups excluding carboxylic acids is 1. The van der Waals surface area contributed by atoms with Crippen LogP contribution in [0.1, 0.15) is 12.5 Å². The van der Waals surface area contributed by atoms with Gasteiger partial charge in [-0.3, -0.25) is 4.79 Å². The largest absolute Gasteiger partial charge is 0.490 e. The molecule has 0 radical (unpaired) electrons. The predicted octanol–water partition coefficient (Wildman–Crippen LogP) is 2.17. The minimum Gasteiger partial charge on any atom is -0.490 e. The normalized spacial score (nSPS) is 12.2. The van der Waals surface area contributed by atoms with Gasteiger partial charge in [-0.15, -0.1) is 0 Å². The highest BCUT2D eigenvalue weighted by Crippen LogP contribution is 2.34. The summed E-state index contributed by atoms with van der Waals surface area (Å²) in [6.07, 6.45) is 0. The van der Waals surface area contributed by atoms with Crippen LogP contribution in [0.3, 0.4) is 0 Å². The Bertz CT molecular complexity index is 401. The van der Waals surface area contributed by atoms with Crippen molar-refractivity contribution >= 4 is 37.8 Å². The van der Waals surface area contributed by atoms with Gasteiger partial charge in [0.05, 0.1) is 21.5 Å². The van der Waals surface area contributed by atoms with Crippen molar-refractivity contribution in [2.24, 2.45) is 17.4 Å². The fraction of sp³-hybridized carbons (Fsp3) is 0.364. The molecule has 1 aromatic carbocycles. The highest BCUT2D eigenvalue weighted by atomic mass is 79.9. The summed E-state index contributed by atoms with van der Waals surface area (Å²) in [5.41, 5.74) is 11.7. The third-order valence-electron chi connectivity index (χ3n) is 2.26. The van der Waals surface area contributed by atoms with E-state index in [2.05, 4.69) is 31.9 Å². The molecule has 4 N–H and O–H groups in total. The van der Waals surface area contributed by atoms with E-state index in [4.69, 9.17) is 16.2 Å². The number of amides is 1. The van der Waals surface area contributed by atoms with Gasteiger partial charge >= 0.3 is 0 Å². The summed E-state index contributed by atoms with van der Waals surface area (Å²) in [5, 5.41) is 0. The molecule has 1 atom stereocenters. The van der Waals surface area contributed by atoms with Crippen LogP contribution in [-0.4, -0.2) is 12.5 Å². The summed E-state index contributed by atoms with van der Waals surface area (Å²) >= 11 is 6.80. The van der Waals surface area contributed by atoms with Crippen LogP contribution in [0, 0.1) is 5.92 Å². The van der Waals surface area contributed by atoms with Crippen molar-refractivity contribution in [2.45, 2.75) is 13.5 Å². The first-order valence-electron chi connectivity index (χ1n) is 5.05. The molecule has 0 aliphatic carbocycles. The van der Waals surface area contributed by atoms with Crippen molar-refractivity contribution in [3.05, 3.63) is 26.6 Å². The average Bonchev–Trinajstić information content (AvgIpc) is 2.27. The van der Waals surface area contributed by atoms with E-state index in [1.54, 1.807) is 6.92 Å². The number of ether oxygens (including phenoxy) is 1. The summed E-state index contributed by atoms with van der Waals surface area (Å²) in [6, 6.07) is 3.77. The molecule has 0 saturated carbocycles. The van der Waals surface area contributed by atoms with Crippen LogP contribution in [0.4, 0.5) is 0 Å². The van der Waals surface area contributed by atoms with Crippen molar-refractivity contribution < 1.29 is 9.53 Å². The van der Waals surface area contributed by atoms with Gasteiger partial charge in [0, 0.05) is 6.54 Å². The lowest BCUT2D eigenvalue weighted by Gasteiger charge is -2.14. The van der Waals surface area contributed by atoms with Gasteiger partial charge in [-0.05, 0) is 49.6 Å². The molecule has 0 heterocycles. The molecule has 1 amide bonds. The van der Waals surface area contributed by atoms with E-state index < -0.39 is 0 Å². The highest BCUT2D eigenvalue weighted by molar-refractivity contribution is 9.11. The summed E-state index contributed by atoms with van der Waals surface area (Å²) in [5.74, 6) is -0.0610. The first kappa shape index (κ1) is 14.5. The standard InChI is InChI=1S/C11H14Br2N2O2/c1-6(11(15)16)5-17-10-8(12)2-7(4-14)3-9(10)13/h2-3,6H,4-5,14H2,1H3,(H2,15,16). The van der Waals surface area contributed by atoms with Crippen molar-refractivity contribution in [2.75, 3.05) is 6.61 Å². The third kappa shape index (κ3) is 3.97. The smallest absolute Gasteiger partial charge is 0.223 e. The molecule has 0 aliphatic heterocycles. The molecule has 1 rings (SSSR count). The number of halogens is 2. The second kappa shape index (κ2) is 6.37. The van der Waals surface area contributed by atoms with Crippen LogP contribution in [0.25, 0.3) is 0 Å². The zero-order chi connectivity index (χ0) is 13.0. The molecule has 0 spiro atoms. The Morgan fingerprint density at radius 3 is 2.35 bits per heavy atom. The Balaban J connectivity index is 2.81. The molecule has 1 aromatic rings. The van der Waals surface area contributed by atoms with Gasteiger partial charge in [-0.25, -0.2) is 0 Å². The lowest BCUT2D eigenvalue weighted by molar-refractivity contribution is -0.122. The molecular formula is C11H14Br2N2O2. The van der Waals surface area contributed by atoms with E-state index in [9.17, 15) is 4.79 Å².